The summed E-state index contributed by atoms with van der Waals surface area (Å²) < 4.78 is 0. The van der Waals surface area contributed by atoms with Gasteiger partial charge in [0.2, 0.25) is 5.91 Å². The van der Waals surface area contributed by atoms with E-state index in [0.717, 1.165) is 4.90 Å². The number of aliphatic hydroxyl groups is 1. The Labute approximate surface area is 131 Å². The summed E-state index contributed by atoms with van der Waals surface area (Å²) in [5.74, 6) is -1.60. The summed E-state index contributed by atoms with van der Waals surface area (Å²) in [4.78, 5) is 24.2. The number of carbonyl (C=O) groups excluding carboxylic acids is 1. The van der Waals surface area contributed by atoms with Crippen LogP contribution in [-0.4, -0.2) is 45.7 Å². The van der Waals surface area contributed by atoms with E-state index in [2.05, 4.69) is 0 Å². The number of hydrogen-bond acceptors (Lipinski definition) is 3. The topological polar surface area (TPSA) is 77.8 Å². The lowest BCUT2D eigenvalue weighted by Crippen LogP contribution is -2.39. The van der Waals surface area contributed by atoms with E-state index in [1.165, 1.54) is 12.2 Å². The molecule has 1 aromatic carbocycles. The summed E-state index contributed by atoms with van der Waals surface area (Å²) in [5, 5.41) is 19.4. The Bertz CT molecular complexity index is 582. The Balaban J connectivity index is 2.13. The minimum absolute atomic E-state index is 0.0104. The lowest BCUT2D eigenvalue weighted by Gasteiger charge is -2.19. The van der Waals surface area contributed by atoms with Gasteiger partial charge in [0.1, 0.15) is 6.04 Å². The maximum absolute atomic E-state index is 12.0. The fourth-order valence-corrected chi connectivity index (χ4v) is 2.77. The maximum Gasteiger partial charge on any atom is 0.326 e. The standard InChI is InChI=1S/C14H13Cl2NO4/c15-9-3-8(4-10(16)5-9)1-2-13(19)17-7-11(18)6-12(17)14(20)21/h1-5,11-12,18H,6-7H2,(H,20,21)/b2-1+/t11?,12-/m0/s1. The van der Waals surface area contributed by atoms with Crippen LogP contribution in [0.15, 0.2) is 24.3 Å². The van der Waals surface area contributed by atoms with Crippen LogP contribution in [-0.2, 0) is 9.59 Å². The van der Waals surface area contributed by atoms with Crippen LogP contribution >= 0.6 is 23.2 Å². The monoisotopic (exact) mass is 329 g/mol. The van der Waals surface area contributed by atoms with Crippen molar-refractivity contribution >= 4 is 41.2 Å². The Kier molecular flexibility index (Phi) is 4.88. The third-order valence-corrected chi connectivity index (χ3v) is 3.59. The highest BCUT2D eigenvalue weighted by Gasteiger charge is 2.37. The Morgan fingerprint density at radius 3 is 2.43 bits per heavy atom. The number of carbonyl (C=O) groups is 2. The molecule has 0 bridgehead atoms. The molecule has 1 aliphatic rings. The number of β-amino-alcohol motifs (C(OH)–C–C–N with tert-alkyl or cyclic N) is 1. The molecule has 21 heavy (non-hydrogen) atoms. The highest BCUT2D eigenvalue weighted by atomic mass is 35.5. The molecule has 0 spiro atoms. The van der Waals surface area contributed by atoms with Gasteiger partial charge in [-0.15, -0.1) is 0 Å². The molecule has 0 radical (unpaired) electrons. The van der Waals surface area contributed by atoms with Gasteiger partial charge in [0, 0.05) is 29.1 Å². The number of rotatable bonds is 3. The van der Waals surface area contributed by atoms with Crippen LogP contribution in [0.4, 0.5) is 0 Å². The zero-order chi connectivity index (χ0) is 15.6. The Morgan fingerprint density at radius 2 is 1.86 bits per heavy atom. The van der Waals surface area contributed by atoms with E-state index in [1.54, 1.807) is 18.2 Å². The van der Waals surface area contributed by atoms with E-state index in [0.29, 0.717) is 15.6 Å². The van der Waals surface area contributed by atoms with E-state index < -0.39 is 24.0 Å². The van der Waals surface area contributed by atoms with Crippen molar-refractivity contribution in [2.24, 2.45) is 0 Å². The second-order valence-electron chi connectivity index (χ2n) is 4.77. The van der Waals surface area contributed by atoms with Crippen molar-refractivity contribution in [2.75, 3.05) is 6.54 Å². The summed E-state index contributed by atoms with van der Waals surface area (Å²) in [7, 11) is 0. The molecule has 0 saturated carbocycles. The van der Waals surface area contributed by atoms with E-state index in [4.69, 9.17) is 28.3 Å². The Morgan fingerprint density at radius 1 is 1.24 bits per heavy atom. The average Bonchev–Trinajstić information content (AvgIpc) is 2.77. The molecule has 1 heterocycles. The molecule has 1 aliphatic heterocycles. The SMILES string of the molecule is O=C(O)[C@@H]1CC(O)CN1C(=O)/C=C/c1cc(Cl)cc(Cl)c1. The molecule has 1 amide bonds. The first-order valence-electron chi connectivity index (χ1n) is 6.22. The van der Waals surface area contributed by atoms with Crippen LogP contribution in [0.3, 0.4) is 0 Å². The van der Waals surface area contributed by atoms with Crippen LogP contribution in [0, 0.1) is 0 Å². The molecule has 0 aliphatic carbocycles. The maximum atomic E-state index is 12.0. The van der Waals surface area contributed by atoms with Crippen LogP contribution in [0.5, 0.6) is 0 Å². The number of nitrogens with zero attached hydrogens (tertiary/aromatic N) is 1. The molecular formula is C14H13Cl2NO4. The number of hydrogen-bond donors (Lipinski definition) is 2. The number of amides is 1. The second kappa shape index (κ2) is 6.47. The van der Waals surface area contributed by atoms with Crippen molar-refractivity contribution in [3.63, 3.8) is 0 Å². The largest absolute Gasteiger partial charge is 0.480 e. The average molecular weight is 330 g/mol. The van der Waals surface area contributed by atoms with Crippen molar-refractivity contribution in [2.45, 2.75) is 18.6 Å². The quantitative estimate of drug-likeness (QED) is 0.832. The zero-order valence-electron chi connectivity index (χ0n) is 10.9. The molecule has 5 nitrogen and oxygen atoms in total. The van der Waals surface area contributed by atoms with Gasteiger partial charge in [-0.1, -0.05) is 23.2 Å². The summed E-state index contributed by atoms with van der Waals surface area (Å²) >= 11 is 11.7. The number of likely N-dealkylation sites (tertiary alicyclic amines) is 1. The lowest BCUT2D eigenvalue weighted by molar-refractivity contribution is -0.146. The van der Waals surface area contributed by atoms with Crippen molar-refractivity contribution in [1.82, 2.24) is 4.90 Å². The third kappa shape index (κ3) is 3.97. The summed E-state index contributed by atoms with van der Waals surface area (Å²) in [6, 6.07) is 3.83. The third-order valence-electron chi connectivity index (χ3n) is 3.15. The summed E-state index contributed by atoms with van der Waals surface area (Å²) in [6.07, 6.45) is 1.97. The normalized spacial score (nSPS) is 22.0. The highest BCUT2D eigenvalue weighted by Crippen LogP contribution is 2.21. The van der Waals surface area contributed by atoms with Gasteiger partial charge in [0.15, 0.2) is 0 Å². The second-order valence-corrected chi connectivity index (χ2v) is 5.64. The molecule has 0 aromatic heterocycles. The van der Waals surface area contributed by atoms with Crippen LogP contribution in [0.25, 0.3) is 6.08 Å². The van der Waals surface area contributed by atoms with Gasteiger partial charge >= 0.3 is 5.97 Å². The van der Waals surface area contributed by atoms with Crippen molar-refractivity contribution in [3.05, 3.63) is 39.9 Å². The molecule has 2 N–H and O–H groups in total. The van der Waals surface area contributed by atoms with Gasteiger partial charge in [0.05, 0.1) is 6.10 Å². The first kappa shape index (κ1) is 15.8. The minimum atomic E-state index is -1.13. The molecule has 1 unspecified atom stereocenters. The van der Waals surface area contributed by atoms with E-state index in [1.807, 2.05) is 0 Å². The van der Waals surface area contributed by atoms with Gasteiger partial charge in [-0.25, -0.2) is 4.79 Å². The Hall–Kier alpha value is -1.56. The molecule has 112 valence electrons. The van der Waals surface area contributed by atoms with Crippen LogP contribution in [0.1, 0.15) is 12.0 Å². The molecule has 1 aromatic rings. The van der Waals surface area contributed by atoms with Gasteiger partial charge < -0.3 is 15.1 Å². The number of benzene rings is 1. The van der Waals surface area contributed by atoms with Crippen molar-refractivity contribution in [1.29, 1.82) is 0 Å². The van der Waals surface area contributed by atoms with Gasteiger partial charge in [-0.2, -0.15) is 0 Å². The number of aliphatic carboxylic acids is 1. The first-order valence-corrected chi connectivity index (χ1v) is 6.98. The van der Waals surface area contributed by atoms with Crippen molar-refractivity contribution in [3.8, 4) is 0 Å². The molecule has 7 heteroatoms. The molecule has 2 atom stereocenters. The molecular weight excluding hydrogens is 317 g/mol. The number of aliphatic hydroxyl groups excluding tert-OH is 1. The zero-order valence-corrected chi connectivity index (χ0v) is 12.4. The summed E-state index contributed by atoms with van der Waals surface area (Å²) in [5.41, 5.74) is 0.632. The molecule has 1 saturated heterocycles. The number of halogens is 2. The molecule has 2 rings (SSSR count). The fraction of sp³-hybridized carbons (Fsp3) is 0.286. The lowest BCUT2D eigenvalue weighted by atomic mass is 10.2. The fourth-order valence-electron chi connectivity index (χ4n) is 2.23. The first-order chi connectivity index (χ1) is 9.86. The smallest absolute Gasteiger partial charge is 0.326 e. The predicted octanol–water partition coefficient (Wildman–Crippen LogP) is 2.05. The van der Waals surface area contributed by atoms with Gasteiger partial charge in [-0.3, -0.25) is 4.79 Å². The summed E-state index contributed by atoms with van der Waals surface area (Å²) in [6.45, 7) is 0.0104. The van der Waals surface area contributed by atoms with Gasteiger partial charge in [-0.05, 0) is 29.8 Å². The molecule has 1 fully saturated rings. The van der Waals surface area contributed by atoms with E-state index in [-0.39, 0.29) is 13.0 Å². The highest BCUT2D eigenvalue weighted by molar-refractivity contribution is 6.34. The van der Waals surface area contributed by atoms with Crippen LogP contribution < -0.4 is 0 Å². The van der Waals surface area contributed by atoms with Crippen LogP contribution in [0.2, 0.25) is 10.0 Å². The number of carboxylic acid groups (broad SMARTS) is 1. The predicted molar refractivity (Wildman–Crippen MR) is 79.3 cm³/mol. The van der Waals surface area contributed by atoms with E-state index in [9.17, 15) is 14.7 Å². The van der Waals surface area contributed by atoms with E-state index >= 15 is 0 Å². The van der Waals surface area contributed by atoms with Gasteiger partial charge in [0.25, 0.3) is 0 Å². The van der Waals surface area contributed by atoms with Crippen molar-refractivity contribution < 1.29 is 19.8 Å². The number of carboxylic acids is 1. The minimum Gasteiger partial charge on any atom is -0.480 e.